The highest BCUT2D eigenvalue weighted by Crippen LogP contribution is 2.38. The van der Waals surface area contributed by atoms with E-state index in [0.717, 1.165) is 12.2 Å². The molecule has 3 nitrogen and oxygen atoms in total. The summed E-state index contributed by atoms with van der Waals surface area (Å²) >= 11 is 0. The largest absolute Gasteiger partial charge is 0.488 e. The van der Waals surface area contributed by atoms with E-state index in [9.17, 15) is 0 Å². The lowest BCUT2D eigenvalue weighted by molar-refractivity contribution is 0.0283. The molecule has 82 valence electrons. The summed E-state index contributed by atoms with van der Waals surface area (Å²) in [5, 5.41) is 0. The van der Waals surface area contributed by atoms with E-state index in [1.54, 1.807) is 7.11 Å². The van der Waals surface area contributed by atoms with Gasteiger partial charge in [0.15, 0.2) is 0 Å². The molecule has 1 aromatic carbocycles. The minimum atomic E-state index is 0.149. The highest BCUT2D eigenvalue weighted by atomic mass is 16.6. The number of hydroxylamine groups is 1. The van der Waals surface area contributed by atoms with Crippen molar-refractivity contribution in [3.8, 4) is 5.75 Å². The maximum Gasteiger partial charge on any atom is 0.125 e. The molecule has 0 amide bonds. The van der Waals surface area contributed by atoms with Crippen LogP contribution >= 0.6 is 0 Å². The lowest BCUT2D eigenvalue weighted by Crippen LogP contribution is -2.29. The van der Waals surface area contributed by atoms with Gasteiger partial charge >= 0.3 is 0 Å². The molecule has 1 N–H and O–H groups in total. The summed E-state index contributed by atoms with van der Waals surface area (Å²) in [7, 11) is 1.64. The Balaban J connectivity index is 2.31. The quantitative estimate of drug-likeness (QED) is 0.772. The molecular formula is C12H17NO2. The Labute approximate surface area is 90.3 Å². The molecular weight excluding hydrogens is 190 g/mol. The number of hydrogen-bond donors (Lipinski definition) is 1. The predicted molar refractivity (Wildman–Crippen MR) is 58.8 cm³/mol. The first-order valence-electron chi connectivity index (χ1n) is 5.32. The monoisotopic (exact) mass is 207 g/mol. The van der Waals surface area contributed by atoms with E-state index >= 15 is 0 Å². The molecule has 0 saturated heterocycles. The van der Waals surface area contributed by atoms with E-state index in [1.165, 1.54) is 11.1 Å². The normalized spacial score (nSPS) is 23.7. The van der Waals surface area contributed by atoms with Crippen LogP contribution in [0.5, 0.6) is 5.75 Å². The molecule has 1 aliphatic heterocycles. The number of benzene rings is 1. The van der Waals surface area contributed by atoms with Crippen molar-refractivity contribution >= 4 is 0 Å². The summed E-state index contributed by atoms with van der Waals surface area (Å²) in [5.41, 5.74) is 5.41. The van der Waals surface area contributed by atoms with Crippen molar-refractivity contribution in [2.45, 2.75) is 32.4 Å². The van der Waals surface area contributed by atoms with Gasteiger partial charge in [0.25, 0.3) is 0 Å². The zero-order valence-corrected chi connectivity index (χ0v) is 9.41. The number of nitrogens with one attached hydrogen (secondary N) is 1. The van der Waals surface area contributed by atoms with Crippen molar-refractivity contribution in [3.05, 3.63) is 29.3 Å². The summed E-state index contributed by atoms with van der Waals surface area (Å²) in [6.07, 6.45) is 1.14. The standard InChI is InChI=1S/C12H17NO2/c1-4-10-12(13-14-3)9-6-5-8(2)7-11(9)15-10/h5-7,10,12-13H,4H2,1-3H3. The van der Waals surface area contributed by atoms with Crippen molar-refractivity contribution in [3.63, 3.8) is 0 Å². The fraction of sp³-hybridized carbons (Fsp3) is 0.500. The third-order valence-electron chi connectivity index (χ3n) is 2.80. The molecule has 1 aliphatic rings. The van der Waals surface area contributed by atoms with E-state index < -0.39 is 0 Å². The summed E-state index contributed by atoms with van der Waals surface area (Å²) in [4.78, 5) is 5.01. The average Bonchev–Trinajstić information content (AvgIpc) is 2.56. The minimum Gasteiger partial charge on any atom is -0.488 e. The first kappa shape index (κ1) is 10.5. The van der Waals surface area contributed by atoms with Gasteiger partial charge in [-0.3, -0.25) is 0 Å². The molecule has 2 unspecified atom stereocenters. The van der Waals surface area contributed by atoms with E-state index in [0.29, 0.717) is 0 Å². The Hall–Kier alpha value is -1.06. The molecule has 1 aromatic rings. The highest BCUT2D eigenvalue weighted by Gasteiger charge is 2.32. The van der Waals surface area contributed by atoms with Crippen LogP contribution in [0, 0.1) is 6.92 Å². The van der Waals surface area contributed by atoms with Gasteiger partial charge < -0.3 is 9.57 Å². The second-order valence-corrected chi connectivity index (χ2v) is 3.91. The second-order valence-electron chi connectivity index (χ2n) is 3.91. The number of ether oxygens (including phenoxy) is 1. The fourth-order valence-corrected chi connectivity index (χ4v) is 2.02. The molecule has 1 heterocycles. The first-order valence-corrected chi connectivity index (χ1v) is 5.32. The van der Waals surface area contributed by atoms with Crippen molar-refractivity contribution in [1.29, 1.82) is 0 Å². The zero-order valence-electron chi connectivity index (χ0n) is 9.41. The van der Waals surface area contributed by atoms with Crippen LogP contribution in [0.1, 0.15) is 30.5 Å². The van der Waals surface area contributed by atoms with E-state index in [-0.39, 0.29) is 12.1 Å². The van der Waals surface area contributed by atoms with Crippen molar-refractivity contribution in [2.24, 2.45) is 0 Å². The number of rotatable bonds is 3. The SMILES string of the molecule is CCC1Oc2cc(C)ccc2C1NOC. The maximum atomic E-state index is 5.86. The lowest BCUT2D eigenvalue weighted by atomic mass is 10.0. The van der Waals surface area contributed by atoms with Crippen LogP contribution < -0.4 is 10.2 Å². The first-order chi connectivity index (χ1) is 7.26. The van der Waals surface area contributed by atoms with Crippen molar-refractivity contribution in [1.82, 2.24) is 5.48 Å². The van der Waals surface area contributed by atoms with Crippen molar-refractivity contribution < 1.29 is 9.57 Å². The Morgan fingerprint density at radius 1 is 1.47 bits per heavy atom. The number of hydrogen-bond acceptors (Lipinski definition) is 3. The van der Waals surface area contributed by atoms with Crippen LogP contribution in [0.2, 0.25) is 0 Å². The maximum absolute atomic E-state index is 5.86. The van der Waals surface area contributed by atoms with Crippen LogP contribution in [0.3, 0.4) is 0 Å². The second kappa shape index (κ2) is 4.21. The van der Waals surface area contributed by atoms with Gasteiger partial charge in [-0.05, 0) is 25.0 Å². The molecule has 0 radical (unpaired) electrons. The Morgan fingerprint density at radius 2 is 2.27 bits per heavy atom. The molecule has 0 spiro atoms. The smallest absolute Gasteiger partial charge is 0.125 e. The Bertz CT molecular complexity index is 351. The van der Waals surface area contributed by atoms with Crippen LogP contribution in [0.4, 0.5) is 0 Å². The molecule has 0 saturated carbocycles. The summed E-state index contributed by atoms with van der Waals surface area (Å²) in [6, 6.07) is 6.44. The molecule has 15 heavy (non-hydrogen) atoms. The summed E-state index contributed by atoms with van der Waals surface area (Å²) in [5.74, 6) is 0.983. The minimum absolute atomic E-state index is 0.149. The van der Waals surface area contributed by atoms with Gasteiger partial charge in [0.2, 0.25) is 0 Å². The van der Waals surface area contributed by atoms with Gasteiger partial charge in [0, 0.05) is 5.56 Å². The van der Waals surface area contributed by atoms with E-state index in [2.05, 4.69) is 37.5 Å². The number of aryl methyl sites for hydroxylation is 1. The van der Waals surface area contributed by atoms with Crippen LogP contribution in [-0.4, -0.2) is 13.2 Å². The molecule has 0 fully saturated rings. The third kappa shape index (κ3) is 1.85. The lowest BCUT2D eigenvalue weighted by Gasteiger charge is -2.17. The van der Waals surface area contributed by atoms with E-state index in [4.69, 9.17) is 9.57 Å². The van der Waals surface area contributed by atoms with Gasteiger partial charge in [0.1, 0.15) is 11.9 Å². The van der Waals surface area contributed by atoms with E-state index in [1.807, 2.05) is 0 Å². The van der Waals surface area contributed by atoms with Crippen LogP contribution in [-0.2, 0) is 4.84 Å². The Kier molecular flexibility index (Phi) is 2.93. The molecule has 0 bridgehead atoms. The highest BCUT2D eigenvalue weighted by molar-refractivity contribution is 5.43. The van der Waals surface area contributed by atoms with Crippen LogP contribution in [0.15, 0.2) is 18.2 Å². The fourth-order valence-electron chi connectivity index (χ4n) is 2.02. The molecule has 2 rings (SSSR count). The topological polar surface area (TPSA) is 30.5 Å². The van der Waals surface area contributed by atoms with Crippen LogP contribution in [0.25, 0.3) is 0 Å². The van der Waals surface area contributed by atoms with Crippen molar-refractivity contribution in [2.75, 3.05) is 7.11 Å². The van der Waals surface area contributed by atoms with Gasteiger partial charge in [-0.1, -0.05) is 19.1 Å². The molecule has 0 aliphatic carbocycles. The predicted octanol–water partition coefficient (Wildman–Crippen LogP) is 2.36. The van der Waals surface area contributed by atoms with Gasteiger partial charge in [-0.2, -0.15) is 5.48 Å². The molecule has 3 heteroatoms. The van der Waals surface area contributed by atoms with Gasteiger partial charge in [0.05, 0.1) is 13.2 Å². The zero-order chi connectivity index (χ0) is 10.8. The number of fused-ring (bicyclic) bond motifs is 1. The summed E-state index contributed by atoms with van der Waals surface area (Å²) in [6.45, 7) is 4.19. The third-order valence-corrected chi connectivity index (χ3v) is 2.80. The Morgan fingerprint density at radius 3 is 2.93 bits per heavy atom. The average molecular weight is 207 g/mol. The van der Waals surface area contributed by atoms with Gasteiger partial charge in [-0.15, -0.1) is 0 Å². The summed E-state index contributed by atoms with van der Waals surface area (Å²) < 4.78 is 5.86. The molecule has 2 atom stereocenters. The van der Waals surface area contributed by atoms with Gasteiger partial charge in [-0.25, -0.2) is 0 Å². The molecule has 0 aromatic heterocycles.